The van der Waals surface area contributed by atoms with Gasteiger partial charge in [-0.2, -0.15) is 8.42 Å². The van der Waals surface area contributed by atoms with Gasteiger partial charge < -0.3 is 30.3 Å². The molecule has 3 heterocycles. The Morgan fingerprint density at radius 2 is 1.71 bits per heavy atom. The molecule has 0 radical (unpaired) electrons. The predicted molar refractivity (Wildman–Crippen MR) is 44.9 cm³/mol. The lowest BCUT2D eigenvalue weighted by Crippen LogP contribution is -2.71. The molecule has 11 heteroatoms. The average molecular weight is 274 g/mol. The van der Waals surface area contributed by atoms with E-state index in [1.54, 1.807) is 0 Å². The van der Waals surface area contributed by atoms with Crippen molar-refractivity contribution < 1.29 is 47.1 Å². The summed E-state index contributed by atoms with van der Waals surface area (Å²) < 4.78 is 34.7. The molecule has 5 N–H and O–H groups in total. The summed E-state index contributed by atoms with van der Waals surface area (Å²) in [6, 6.07) is 0. The van der Waals surface area contributed by atoms with Crippen LogP contribution in [0.2, 0.25) is 0 Å². The second-order valence-corrected chi connectivity index (χ2v) is 4.79. The molecule has 0 spiro atoms. The van der Waals surface area contributed by atoms with Crippen LogP contribution in [0.1, 0.15) is 0 Å². The number of hydrogen-bond donors (Lipinski definition) is 5. The summed E-state index contributed by atoms with van der Waals surface area (Å²) in [5.74, 6) is -3.12. The average Bonchev–Trinajstić information content (AvgIpc) is 2.18. The molecule has 0 aromatic rings. The number of hydrogen-bond acceptors (Lipinski definition) is 10. The van der Waals surface area contributed by atoms with Gasteiger partial charge in [0.05, 0.1) is 0 Å². The van der Waals surface area contributed by atoms with Crippen molar-refractivity contribution in [1.82, 2.24) is 0 Å². The quantitative estimate of drug-likeness (QED) is 0.292. The summed E-state index contributed by atoms with van der Waals surface area (Å²) in [4.78, 5) is 0. The maximum absolute atomic E-state index is 11.1. The van der Waals surface area contributed by atoms with Crippen LogP contribution < -0.4 is 0 Å². The van der Waals surface area contributed by atoms with Crippen LogP contribution in [0.5, 0.6) is 0 Å². The highest BCUT2D eigenvalue weighted by Gasteiger charge is 2.62. The van der Waals surface area contributed by atoms with Gasteiger partial charge in [-0.25, -0.2) is 8.37 Å². The van der Waals surface area contributed by atoms with E-state index in [9.17, 15) is 34.0 Å². The lowest BCUT2D eigenvalue weighted by molar-refractivity contribution is -0.407. The van der Waals surface area contributed by atoms with Gasteiger partial charge in [-0.3, -0.25) is 0 Å². The molecule has 0 aliphatic carbocycles. The highest BCUT2D eigenvalue weighted by atomic mass is 32.3. The van der Waals surface area contributed by atoms with Crippen LogP contribution in [0.25, 0.3) is 0 Å². The summed E-state index contributed by atoms with van der Waals surface area (Å²) in [6.07, 6.45) is -10.4. The first-order chi connectivity index (χ1) is 7.67. The van der Waals surface area contributed by atoms with Crippen molar-refractivity contribution in [3.8, 4) is 0 Å². The van der Waals surface area contributed by atoms with Crippen molar-refractivity contribution in [2.45, 2.75) is 36.7 Å². The number of rotatable bonds is 0. The van der Waals surface area contributed by atoms with Gasteiger partial charge in [-0.15, -0.1) is 0 Å². The van der Waals surface area contributed by atoms with Gasteiger partial charge in [0.25, 0.3) is 5.79 Å². The summed E-state index contributed by atoms with van der Waals surface area (Å²) in [5, 5.41) is 47.1. The van der Waals surface area contributed by atoms with Crippen molar-refractivity contribution in [2.24, 2.45) is 0 Å². The predicted octanol–water partition coefficient (Wildman–Crippen LogP) is -4.28. The topological polar surface area (TPSA) is 163 Å². The Bertz CT molecular complexity index is 405. The molecule has 0 saturated carbocycles. The number of ether oxygens (including phenoxy) is 1. The van der Waals surface area contributed by atoms with Crippen LogP contribution in [0.3, 0.4) is 0 Å². The van der Waals surface area contributed by atoms with Crippen LogP contribution in [0.15, 0.2) is 0 Å². The largest absolute Gasteiger partial charge is 0.405 e. The molecular formula is C6H10O10S. The fourth-order valence-corrected chi connectivity index (χ4v) is 2.48. The Hall–Kier alpha value is -0.370. The summed E-state index contributed by atoms with van der Waals surface area (Å²) in [5.41, 5.74) is 0. The second-order valence-electron chi connectivity index (χ2n) is 3.62. The van der Waals surface area contributed by atoms with Gasteiger partial charge in [0.15, 0.2) is 0 Å². The number of aliphatic hydroxyl groups is 5. The van der Waals surface area contributed by atoms with E-state index >= 15 is 0 Å². The van der Waals surface area contributed by atoms with Crippen LogP contribution in [0, 0.1) is 0 Å². The van der Waals surface area contributed by atoms with Crippen LogP contribution in [0.4, 0.5) is 0 Å². The molecule has 10 nitrogen and oxygen atoms in total. The molecule has 3 saturated heterocycles. The first-order valence-corrected chi connectivity index (χ1v) is 5.74. The zero-order valence-electron chi connectivity index (χ0n) is 8.07. The molecular weight excluding hydrogens is 264 g/mol. The van der Waals surface area contributed by atoms with Crippen LogP contribution in [-0.2, 0) is 23.5 Å². The number of aliphatic hydroxyl groups excluding tert-OH is 4. The number of fused-ring (bicyclic) bond motifs is 5. The Kier molecular flexibility index (Phi) is 2.93. The Morgan fingerprint density at radius 3 is 2.29 bits per heavy atom. The van der Waals surface area contributed by atoms with Crippen molar-refractivity contribution >= 4 is 10.4 Å². The molecule has 0 aromatic carbocycles. The van der Waals surface area contributed by atoms with Gasteiger partial charge in [0, 0.05) is 0 Å². The normalized spacial score (nSPS) is 54.1. The molecule has 17 heavy (non-hydrogen) atoms. The van der Waals surface area contributed by atoms with Crippen molar-refractivity contribution in [3.05, 3.63) is 0 Å². The molecule has 100 valence electrons. The molecule has 2 bridgehead atoms. The van der Waals surface area contributed by atoms with Gasteiger partial charge in [-0.1, -0.05) is 0 Å². The Morgan fingerprint density at radius 1 is 1.12 bits per heavy atom. The fraction of sp³-hybridized carbons (Fsp3) is 1.00. The van der Waals surface area contributed by atoms with E-state index in [2.05, 4.69) is 13.1 Å². The first kappa shape index (κ1) is 13.1. The monoisotopic (exact) mass is 274 g/mol. The van der Waals surface area contributed by atoms with Crippen molar-refractivity contribution in [2.75, 3.05) is 0 Å². The van der Waals surface area contributed by atoms with Gasteiger partial charge in [0.2, 0.25) is 12.6 Å². The molecule has 0 amide bonds. The van der Waals surface area contributed by atoms with E-state index < -0.39 is 47.1 Å². The highest BCUT2D eigenvalue weighted by molar-refractivity contribution is 7.81. The van der Waals surface area contributed by atoms with Gasteiger partial charge >= 0.3 is 10.4 Å². The van der Waals surface area contributed by atoms with E-state index in [4.69, 9.17) is 0 Å². The SMILES string of the molecule is O=S1(=O)OC(O)[C@@H]2OC(O)[C@](O)(O1)[C@@H](O)[C@H]2O. The van der Waals surface area contributed by atoms with Crippen LogP contribution >= 0.6 is 0 Å². The third-order valence-corrected chi connectivity index (χ3v) is 3.36. The van der Waals surface area contributed by atoms with Crippen molar-refractivity contribution in [3.63, 3.8) is 0 Å². The lowest BCUT2D eigenvalue weighted by atomic mass is 9.95. The fourth-order valence-electron chi connectivity index (χ4n) is 1.58. The minimum atomic E-state index is -4.88. The minimum absolute atomic E-state index is 1.76. The molecule has 2 unspecified atom stereocenters. The first-order valence-electron chi connectivity index (χ1n) is 4.41. The smallest absolute Gasteiger partial charge is 0.387 e. The maximum Gasteiger partial charge on any atom is 0.405 e. The third kappa shape index (κ3) is 1.95. The van der Waals surface area contributed by atoms with Gasteiger partial charge in [-0.05, 0) is 0 Å². The van der Waals surface area contributed by atoms with E-state index in [0.717, 1.165) is 0 Å². The van der Waals surface area contributed by atoms with Crippen molar-refractivity contribution in [1.29, 1.82) is 0 Å². The van der Waals surface area contributed by atoms with E-state index in [0.29, 0.717) is 0 Å². The van der Waals surface area contributed by atoms with Crippen LogP contribution in [-0.4, -0.2) is 70.6 Å². The minimum Gasteiger partial charge on any atom is -0.387 e. The maximum atomic E-state index is 11.1. The van der Waals surface area contributed by atoms with E-state index in [-0.39, 0.29) is 0 Å². The second kappa shape index (κ2) is 3.81. The molecule has 3 aliphatic heterocycles. The summed E-state index contributed by atoms with van der Waals surface area (Å²) in [7, 11) is -4.88. The molecule has 3 rings (SSSR count). The van der Waals surface area contributed by atoms with E-state index in [1.807, 2.05) is 0 Å². The Balaban J connectivity index is 2.48. The Labute approximate surface area is 94.9 Å². The highest BCUT2D eigenvalue weighted by Crippen LogP contribution is 2.35. The molecule has 6 atom stereocenters. The zero-order valence-corrected chi connectivity index (χ0v) is 8.89. The third-order valence-electron chi connectivity index (χ3n) is 2.46. The molecule has 0 aromatic heterocycles. The summed E-state index contributed by atoms with van der Waals surface area (Å²) >= 11 is 0. The standard InChI is InChI=1S/C6H10O10S/c7-1-2-4(9)15-17(12,13)16-6(11,3(1)8)5(10)14-2/h1-5,7-11H/t1-,2+,3-,4?,5?,6+/m0/s1. The van der Waals surface area contributed by atoms with E-state index in [1.165, 1.54) is 0 Å². The molecule has 3 fully saturated rings. The lowest BCUT2D eigenvalue weighted by Gasteiger charge is -2.47. The summed E-state index contributed by atoms with van der Waals surface area (Å²) in [6.45, 7) is 0. The molecule has 3 aliphatic rings. The van der Waals surface area contributed by atoms with Gasteiger partial charge in [0.1, 0.15) is 18.3 Å². The zero-order chi connectivity index (χ0) is 13.0.